The quantitative estimate of drug-likeness (QED) is 0.284. The number of rotatable bonds is 0. The van der Waals surface area contributed by atoms with Crippen LogP contribution < -0.4 is 0 Å². The molecule has 0 aromatic carbocycles. The van der Waals surface area contributed by atoms with Gasteiger partial charge in [0.15, 0.2) is 0 Å². The molecule has 0 atom stereocenters. The molecule has 0 radical (unpaired) electrons. The van der Waals surface area contributed by atoms with E-state index in [-0.39, 0.29) is 63.6 Å². The van der Waals surface area contributed by atoms with Crippen LogP contribution in [0.5, 0.6) is 0 Å². The molecule has 0 aliphatic rings. The summed E-state index contributed by atoms with van der Waals surface area (Å²) in [6, 6.07) is 0. The van der Waals surface area contributed by atoms with Gasteiger partial charge >= 0.3 is 49.7 Å². The van der Waals surface area contributed by atoms with E-state index < -0.39 is 7.82 Å². The van der Waals surface area contributed by atoms with Crippen molar-refractivity contribution in [3.05, 3.63) is 0 Å². The van der Waals surface area contributed by atoms with Crippen LogP contribution in [0.2, 0.25) is 0 Å². The summed E-state index contributed by atoms with van der Waals surface area (Å²) in [5.41, 5.74) is 0. The first kappa shape index (κ1) is 22.5. The van der Waals surface area contributed by atoms with Gasteiger partial charge in [-0.05, 0) is 0 Å². The molecule has 0 aliphatic heterocycles. The van der Waals surface area contributed by atoms with Crippen LogP contribution in [-0.2, 0) is 26.3 Å². The van der Waals surface area contributed by atoms with Gasteiger partial charge in [0.25, 0.3) is 0 Å². The summed E-state index contributed by atoms with van der Waals surface area (Å²) in [4.78, 5) is 21.6. The van der Waals surface area contributed by atoms with Gasteiger partial charge in [0.1, 0.15) is 0 Å². The van der Waals surface area contributed by atoms with Crippen molar-refractivity contribution in [1.82, 2.24) is 0 Å². The molecule has 0 saturated heterocycles. The Morgan fingerprint density at radius 3 is 1.12 bits per heavy atom. The summed E-state index contributed by atoms with van der Waals surface area (Å²) in [6.07, 6.45) is 0. The minimum Gasteiger partial charge on any atom is 0 e. The average molecular weight is 180 g/mol. The minimum absolute atomic E-state index is 0. The van der Waals surface area contributed by atoms with Gasteiger partial charge in [-0.15, -0.1) is 0 Å². The van der Waals surface area contributed by atoms with Crippen molar-refractivity contribution in [3.8, 4) is 0 Å². The molecule has 0 spiro atoms. The summed E-state index contributed by atoms with van der Waals surface area (Å²) in [6.45, 7) is 0. The van der Waals surface area contributed by atoms with Gasteiger partial charge in [-0.1, -0.05) is 0 Å². The van der Waals surface area contributed by atoms with Gasteiger partial charge in [-0.2, -0.15) is 0 Å². The molecule has 0 fully saturated rings. The van der Waals surface area contributed by atoms with Crippen LogP contribution >= 0.6 is 7.82 Å². The first-order valence-corrected chi connectivity index (χ1v) is 2.35. The van der Waals surface area contributed by atoms with Crippen molar-refractivity contribution in [2.24, 2.45) is 0 Å². The van der Waals surface area contributed by atoms with Gasteiger partial charge in [0.05, 0.1) is 0 Å². The molecule has 0 amide bonds. The predicted octanol–water partition coefficient (Wildman–Crippen LogP) is -2.50. The summed E-state index contributed by atoms with van der Waals surface area (Å²) in [5, 5.41) is 0. The maximum absolute atomic E-state index is 8.88. The molecule has 42 valence electrons. The third-order valence-electron chi connectivity index (χ3n) is 0. The van der Waals surface area contributed by atoms with E-state index in [9.17, 15) is 0 Å². The summed E-state index contributed by atoms with van der Waals surface area (Å²) >= 11 is 0. The van der Waals surface area contributed by atoms with E-state index in [0.717, 1.165) is 0 Å². The largest absolute Gasteiger partial charge is 0.316 e. The second kappa shape index (κ2) is 9.19. The Balaban J connectivity index is -0.0000000267. The number of phosphoric acid groups is 1. The van der Waals surface area contributed by atoms with E-state index in [2.05, 4.69) is 0 Å². The molecule has 0 aromatic heterocycles. The van der Waals surface area contributed by atoms with Crippen molar-refractivity contribution in [3.63, 3.8) is 0 Å². The molecule has 0 bridgehead atoms. The molecular weight excluding hydrogens is 174 g/mol. The van der Waals surface area contributed by atoms with Crippen LogP contribution in [0.3, 0.4) is 0 Å². The fourth-order valence-electron chi connectivity index (χ4n) is 0. The first-order chi connectivity index (χ1) is 2.00. The van der Waals surface area contributed by atoms with Crippen LogP contribution in [0.4, 0.5) is 0 Å². The average Bonchev–Trinajstić information content (AvgIpc) is 0.722. The monoisotopic (exact) mass is 180 g/mol. The molecule has 3 N–H and O–H groups in total. The van der Waals surface area contributed by atoms with E-state index >= 15 is 0 Å². The molecule has 0 saturated carbocycles. The van der Waals surface area contributed by atoms with Crippen molar-refractivity contribution >= 4 is 49.7 Å². The topological polar surface area (TPSA) is 77.8 Å². The van der Waals surface area contributed by atoms with E-state index in [4.69, 9.17) is 19.2 Å². The zero-order chi connectivity index (χ0) is 4.50. The smallest absolute Gasteiger partial charge is 0 e. The van der Waals surface area contributed by atoms with Crippen molar-refractivity contribution in [2.45, 2.75) is 0 Å². The van der Waals surface area contributed by atoms with E-state index in [1.54, 1.807) is 0 Å². The molecule has 0 heterocycles. The van der Waals surface area contributed by atoms with Crippen molar-refractivity contribution in [1.29, 1.82) is 0 Å². The van der Waals surface area contributed by atoms with Gasteiger partial charge < -0.3 is 14.7 Å². The maximum Gasteiger partial charge on any atom is 0.316 e. The Hall–Kier alpha value is 2.19. The minimum atomic E-state index is -4.64. The SMILES string of the molecule is O=P(O)(O)O.[LiH].[MgH2].[Ti]. The zero-order valence-electron chi connectivity index (χ0n) is 2.70. The Morgan fingerprint density at radius 2 is 1.12 bits per heavy atom. The second-order valence-electron chi connectivity index (χ2n) is 0.513. The van der Waals surface area contributed by atoms with Crippen LogP contribution in [-0.4, -0.2) is 56.6 Å². The van der Waals surface area contributed by atoms with Gasteiger partial charge in [0, 0.05) is 21.7 Å². The van der Waals surface area contributed by atoms with Crippen LogP contribution in [0.15, 0.2) is 0 Å². The van der Waals surface area contributed by atoms with Crippen LogP contribution in [0.1, 0.15) is 0 Å². The second-order valence-corrected chi connectivity index (χ2v) is 1.54. The molecule has 8 heavy (non-hydrogen) atoms. The van der Waals surface area contributed by atoms with Crippen molar-refractivity contribution < 1.29 is 41.0 Å². The van der Waals surface area contributed by atoms with Crippen molar-refractivity contribution in [2.75, 3.05) is 0 Å². The fraction of sp³-hybridized carbons (Fsp3) is 0. The Labute approximate surface area is 89.9 Å². The first-order valence-electron chi connectivity index (χ1n) is 0.783. The standard InChI is InChI=1S/Li.Mg.H3O4P.Ti.3H/c;;1-5(2,3)4;;;;/h;;(H3,1,2,3,4);;;;. The normalized spacial score (nSPS) is 7.38. The molecule has 8 heteroatoms. The Kier molecular flexibility index (Phi) is 25.8. The van der Waals surface area contributed by atoms with E-state index in [0.29, 0.717) is 0 Å². The molecule has 0 rings (SSSR count). The van der Waals surface area contributed by atoms with Gasteiger partial charge in [-0.3, -0.25) is 0 Å². The molecule has 0 aromatic rings. The summed E-state index contributed by atoms with van der Waals surface area (Å²) in [7, 11) is -4.64. The van der Waals surface area contributed by atoms with Crippen LogP contribution in [0.25, 0.3) is 0 Å². The number of hydrogen-bond donors (Lipinski definition) is 3. The van der Waals surface area contributed by atoms with E-state index in [1.165, 1.54) is 0 Å². The zero-order valence-corrected chi connectivity index (χ0v) is 5.15. The number of hydrogen-bond acceptors (Lipinski definition) is 1. The Bertz CT molecular complexity index is 62.2. The predicted molar refractivity (Wildman–Crippen MR) is 30.0 cm³/mol. The van der Waals surface area contributed by atoms with Crippen LogP contribution in [0, 0.1) is 0 Å². The Morgan fingerprint density at radius 1 is 1.12 bits per heavy atom. The van der Waals surface area contributed by atoms with E-state index in [1.807, 2.05) is 0 Å². The molecular formula is H6LiMgO4PTi. The summed E-state index contributed by atoms with van der Waals surface area (Å²) < 4.78 is 8.88. The summed E-state index contributed by atoms with van der Waals surface area (Å²) in [5.74, 6) is 0. The van der Waals surface area contributed by atoms with Gasteiger partial charge in [-0.25, -0.2) is 4.57 Å². The van der Waals surface area contributed by atoms with Gasteiger partial charge in [0.2, 0.25) is 0 Å². The molecule has 4 nitrogen and oxygen atoms in total. The molecule has 0 aliphatic carbocycles. The maximum atomic E-state index is 8.88. The fourth-order valence-corrected chi connectivity index (χ4v) is 0. The third-order valence-corrected chi connectivity index (χ3v) is 0. The third kappa shape index (κ3) is 88.4. The molecule has 0 unspecified atom stereocenters.